The van der Waals surface area contributed by atoms with Gasteiger partial charge in [0, 0.05) is 19.0 Å². The summed E-state index contributed by atoms with van der Waals surface area (Å²) in [6, 6.07) is 0. The molecule has 0 fully saturated rings. The van der Waals surface area contributed by atoms with E-state index in [1.807, 2.05) is 19.2 Å². The molecule has 1 amide bonds. The Labute approximate surface area is 100 Å². The zero-order chi connectivity index (χ0) is 12.2. The Kier molecular flexibility index (Phi) is 4.44. The summed E-state index contributed by atoms with van der Waals surface area (Å²) in [6.07, 6.45) is 0.754. The molecule has 4 nitrogen and oxygen atoms in total. The van der Waals surface area contributed by atoms with Crippen LogP contribution in [0.5, 0.6) is 0 Å². The van der Waals surface area contributed by atoms with Crippen LogP contribution in [0.15, 0.2) is 10.9 Å². The Bertz CT molecular complexity index is 333. The zero-order valence-corrected chi connectivity index (χ0v) is 10.9. The van der Waals surface area contributed by atoms with Crippen LogP contribution in [0, 0.1) is 5.41 Å². The first kappa shape index (κ1) is 13.1. The van der Waals surface area contributed by atoms with Gasteiger partial charge in [0.05, 0.1) is 23.2 Å². The Morgan fingerprint density at radius 2 is 2.38 bits per heavy atom. The Morgan fingerprint density at radius 1 is 1.69 bits per heavy atom. The van der Waals surface area contributed by atoms with Crippen molar-refractivity contribution in [1.82, 2.24) is 9.88 Å². The van der Waals surface area contributed by atoms with Crippen molar-refractivity contribution in [1.29, 1.82) is 0 Å². The van der Waals surface area contributed by atoms with E-state index >= 15 is 0 Å². The molecule has 0 saturated heterocycles. The third-order valence-electron chi connectivity index (χ3n) is 2.98. The van der Waals surface area contributed by atoms with Crippen LogP contribution in [0.4, 0.5) is 0 Å². The van der Waals surface area contributed by atoms with Crippen LogP contribution < -0.4 is 5.73 Å². The molecule has 0 aromatic carbocycles. The van der Waals surface area contributed by atoms with Gasteiger partial charge in [0.1, 0.15) is 0 Å². The smallest absolute Gasteiger partial charge is 0.229 e. The molecule has 0 saturated carbocycles. The molecule has 1 aromatic heterocycles. The summed E-state index contributed by atoms with van der Waals surface area (Å²) >= 11 is 1.54. The molecule has 1 rings (SSSR count). The zero-order valence-electron chi connectivity index (χ0n) is 10.1. The molecule has 2 N–H and O–H groups in total. The molecule has 90 valence electrons. The first-order valence-corrected chi connectivity index (χ1v) is 6.30. The van der Waals surface area contributed by atoms with E-state index in [1.54, 1.807) is 17.5 Å². The van der Waals surface area contributed by atoms with Crippen molar-refractivity contribution in [2.24, 2.45) is 11.1 Å². The van der Waals surface area contributed by atoms with Crippen LogP contribution >= 0.6 is 11.3 Å². The van der Waals surface area contributed by atoms with E-state index in [0.717, 1.165) is 12.1 Å². The standard InChI is InChI=1S/C11H19N3OS/c1-4-11(2,7-12)10(15)14(3)5-9-6-16-8-13-9/h6,8H,4-5,7,12H2,1-3H3. The highest BCUT2D eigenvalue weighted by Crippen LogP contribution is 2.22. The fourth-order valence-electron chi connectivity index (χ4n) is 1.47. The van der Waals surface area contributed by atoms with Gasteiger partial charge in [0.2, 0.25) is 5.91 Å². The highest BCUT2D eigenvalue weighted by molar-refractivity contribution is 7.07. The molecule has 0 spiro atoms. The molecule has 1 aromatic rings. The summed E-state index contributed by atoms with van der Waals surface area (Å²) < 4.78 is 0. The Balaban J connectivity index is 2.67. The van der Waals surface area contributed by atoms with Gasteiger partial charge < -0.3 is 10.6 Å². The van der Waals surface area contributed by atoms with Gasteiger partial charge in [-0.25, -0.2) is 4.98 Å². The highest BCUT2D eigenvalue weighted by Gasteiger charge is 2.32. The van der Waals surface area contributed by atoms with Crippen molar-refractivity contribution in [2.75, 3.05) is 13.6 Å². The largest absolute Gasteiger partial charge is 0.339 e. The van der Waals surface area contributed by atoms with Gasteiger partial charge in [0.25, 0.3) is 0 Å². The summed E-state index contributed by atoms with van der Waals surface area (Å²) in [6.45, 7) is 4.83. The third kappa shape index (κ3) is 2.80. The average Bonchev–Trinajstić information content (AvgIpc) is 2.79. The number of hydrogen-bond donors (Lipinski definition) is 1. The Morgan fingerprint density at radius 3 is 2.81 bits per heavy atom. The summed E-state index contributed by atoms with van der Waals surface area (Å²) in [5, 5.41) is 1.95. The van der Waals surface area contributed by atoms with Crippen molar-refractivity contribution in [2.45, 2.75) is 26.8 Å². The second-order valence-corrected chi connectivity index (χ2v) is 4.98. The first-order chi connectivity index (χ1) is 7.53. The number of amides is 1. The van der Waals surface area contributed by atoms with Gasteiger partial charge in [-0.15, -0.1) is 11.3 Å². The molecule has 0 radical (unpaired) electrons. The quantitative estimate of drug-likeness (QED) is 0.849. The second kappa shape index (κ2) is 5.41. The molecular weight excluding hydrogens is 222 g/mol. The summed E-state index contributed by atoms with van der Waals surface area (Å²) in [4.78, 5) is 18.0. The lowest BCUT2D eigenvalue weighted by Crippen LogP contribution is -2.44. The molecule has 0 aliphatic rings. The topological polar surface area (TPSA) is 59.2 Å². The minimum absolute atomic E-state index is 0.0884. The van der Waals surface area contributed by atoms with Crippen LogP contribution in [-0.2, 0) is 11.3 Å². The van der Waals surface area contributed by atoms with Crippen molar-refractivity contribution in [3.05, 3.63) is 16.6 Å². The molecule has 0 aliphatic heterocycles. The van der Waals surface area contributed by atoms with Crippen LogP contribution in [0.2, 0.25) is 0 Å². The van der Waals surface area contributed by atoms with E-state index in [0.29, 0.717) is 13.1 Å². The molecule has 1 heterocycles. The number of carbonyl (C=O) groups excluding carboxylic acids is 1. The number of aromatic nitrogens is 1. The molecule has 0 aliphatic carbocycles. The summed E-state index contributed by atoms with van der Waals surface area (Å²) in [7, 11) is 1.80. The fourth-order valence-corrected chi connectivity index (χ4v) is 2.02. The highest BCUT2D eigenvalue weighted by atomic mass is 32.1. The van der Waals surface area contributed by atoms with Crippen LogP contribution in [-0.4, -0.2) is 29.4 Å². The maximum Gasteiger partial charge on any atom is 0.229 e. The fraction of sp³-hybridized carbons (Fsp3) is 0.636. The van der Waals surface area contributed by atoms with E-state index in [2.05, 4.69) is 4.98 Å². The van der Waals surface area contributed by atoms with Crippen molar-refractivity contribution in [3.8, 4) is 0 Å². The van der Waals surface area contributed by atoms with E-state index in [4.69, 9.17) is 5.73 Å². The number of hydrogen-bond acceptors (Lipinski definition) is 4. The average molecular weight is 241 g/mol. The predicted molar refractivity (Wildman–Crippen MR) is 66.0 cm³/mol. The van der Waals surface area contributed by atoms with Gasteiger partial charge >= 0.3 is 0 Å². The second-order valence-electron chi connectivity index (χ2n) is 4.26. The maximum atomic E-state index is 12.2. The number of nitrogens with zero attached hydrogens (tertiary/aromatic N) is 2. The van der Waals surface area contributed by atoms with Crippen molar-refractivity contribution >= 4 is 17.2 Å². The molecular formula is C11H19N3OS. The molecule has 1 unspecified atom stereocenters. The first-order valence-electron chi connectivity index (χ1n) is 5.36. The molecule has 1 atom stereocenters. The molecule has 5 heteroatoms. The monoisotopic (exact) mass is 241 g/mol. The maximum absolute atomic E-state index is 12.2. The van der Waals surface area contributed by atoms with Gasteiger partial charge in [-0.1, -0.05) is 6.92 Å². The number of thiazole rings is 1. The van der Waals surface area contributed by atoms with E-state index in [9.17, 15) is 4.79 Å². The lowest BCUT2D eigenvalue weighted by molar-refractivity contribution is -0.140. The number of nitrogens with two attached hydrogens (primary N) is 1. The normalized spacial score (nSPS) is 14.5. The number of rotatable bonds is 5. The molecule has 16 heavy (non-hydrogen) atoms. The Hall–Kier alpha value is -0.940. The van der Waals surface area contributed by atoms with E-state index in [-0.39, 0.29) is 5.91 Å². The van der Waals surface area contributed by atoms with Gasteiger partial charge in [-0.05, 0) is 13.3 Å². The van der Waals surface area contributed by atoms with Gasteiger partial charge in [-0.3, -0.25) is 4.79 Å². The van der Waals surface area contributed by atoms with Crippen LogP contribution in [0.1, 0.15) is 26.0 Å². The van der Waals surface area contributed by atoms with E-state index < -0.39 is 5.41 Å². The van der Waals surface area contributed by atoms with Gasteiger partial charge in [-0.2, -0.15) is 0 Å². The lowest BCUT2D eigenvalue weighted by atomic mass is 9.86. The summed E-state index contributed by atoms with van der Waals surface area (Å²) in [5.74, 6) is 0.0884. The third-order valence-corrected chi connectivity index (χ3v) is 3.61. The van der Waals surface area contributed by atoms with Crippen molar-refractivity contribution in [3.63, 3.8) is 0 Å². The van der Waals surface area contributed by atoms with Crippen LogP contribution in [0.3, 0.4) is 0 Å². The lowest BCUT2D eigenvalue weighted by Gasteiger charge is -2.30. The van der Waals surface area contributed by atoms with Gasteiger partial charge in [0.15, 0.2) is 0 Å². The van der Waals surface area contributed by atoms with Crippen molar-refractivity contribution < 1.29 is 4.79 Å². The predicted octanol–water partition coefficient (Wildman–Crippen LogP) is 1.48. The molecule has 0 bridgehead atoms. The SMILES string of the molecule is CCC(C)(CN)C(=O)N(C)Cc1cscn1. The minimum Gasteiger partial charge on any atom is -0.339 e. The summed E-state index contributed by atoms with van der Waals surface area (Å²) in [5.41, 5.74) is 7.92. The number of carbonyl (C=O) groups is 1. The van der Waals surface area contributed by atoms with E-state index in [1.165, 1.54) is 11.3 Å². The van der Waals surface area contributed by atoms with Crippen LogP contribution in [0.25, 0.3) is 0 Å². The minimum atomic E-state index is -0.454.